The molecule has 146 valence electrons. The molecule has 6 nitrogen and oxygen atoms in total. The minimum absolute atomic E-state index is 0.194. The summed E-state index contributed by atoms with van der Waals surface area (Å²) < 4.78 is 33.2. The maximum absolute atomic E-state index is 12.5. The highest BCUT2D eigenvalue weighted by molar-refractivity contribution is 7.89. The highest BCUT2D eigenvalue weighted by Crippen LogP contribution is 2.22. The largest absolute Gasteiger partial charge is 0.457 e. The predicted molar refractivity (Wildman–Crippen MR) is 104 cm³/mol. The van der Waals surface area contributed by atoms with Crippen LogP contribution >= 0.6 is 0 Å². The van der Waals surface area contributed by atoms with Crippen LogP contribution in [0.3, 0.4) is 0 Å². The number of benzene rings is 2. The van der Waals surface area contributed by atoms with Crippen molar-refractivity contribution >= 4 is 10.0 Å². The summed E-state index contributed by atoms with van der Waals surface area (Å²) in [6.07, 6.45) is 2.08. The Kier molecular flexibility index (Phi) is 6.84. The number of ether oxygens (including phenoxy) is 1. The third-order valence-electron chi connectivity index (χ3n) is 4.69. The SMILES string of the molecule is O=S(=O)(NCCN1CCC[C@@H](CO)C1)c1ccc(Oc2ccccc2)cc1. The number of hydrogen-bond acceptors (Lipinski definition) is 5. The Balaban J connectivity index is 1.52. The first kappa shape index (κ1) is 19.8. The van der Waals surface area contributed by atoms with Crippen LogP contribution in [0.4, 0.5) is 0 Å². The molecule has 1 heterocycles. The lowest BCUT2D eigenvalue weighted by Crippen LogP contribution is -2.41. The van der Waals surface area contributed by atoms with E-state index in [9.17, 15) is 13.5 Å². The maximum Gasteiger partial charge on any atom is 0.240 e. The summed E-state index contributed by atoms with van der Waals surface area (Å²) in [5.74, 6) is 1.59. The van der Waals surface area contributed by atoms with Crippen LogP contribution in [0.15, 0.2) is 59.5 Å². The molecule has 2 aromatic carbocycles. The van der Waals surface area contributed by atoms with Gasteiger partial charge in [-0.05, 0) is 61.7 Å². The van der Waals surface area contributed by atoms with E-state index in [4.69, 9.17) is 4.74 Å². The molecule has 7 heteroatoms. The van der Waals surface area contributed by atoms with Crippen molar-refractivity contribution in [2.24, 2.45) is 5.92 Å². The van der Waals surface area contributed by atoms with E-state index >= 15 is 0 Å². The van der Waals surface area contributed by atoms with Gasteiger partial charge in [0.2, 0.25) is 10.0 Å². The van der Waals surface area contributed by atoms with Crippen LogP contribution in [0.1, 0.15) is 12.8 Å². The van der Waals surface area contributed by atoms with Gasteiger partial charge in [-0.3, -0.25) is 0 Å². The third kappa shape index (κ3) is 5.77. The van der Waals surface area contributed by atoms with Crippen molar-refractivity contribution < 1.29 is 18.3 Å². The summed E-state index contributed by atoms with van der Waals surface area (Å²) in [4.78, 5) is 2.42. The molecule has 0 saturated carbocycles. The van der Waals surface area contributed by atoms with Gasteiger partial charge in [0.05, 0.1) is 4.90 Å². The summed E-state index contributed by atoms with van der Waals surface area (Å²) in [5.41, 5.74) is 0. The topological polar surface area (TPSA) is 78.9 Å². The zero-order chi connectivity index (χ0) is 19.1. The lowest BCUT2D eigenvalue weighted by Gasteiger charge is -2.31. The van der Waals surface area contributed by atoms with Crippen LogP contribution in [0, 0.1) is 5.92 Å². The first-order chi connectivity index (χ1) is 13.1. The molecule has 1 fully saturated rings. The number of likely N-dealkylation sites (tertiary alicyclic amines) is 1. The number of piperidine rings is 1. The second-order valence-corrected chi connectivity index (χ2v) is 8.54. The molecule has 1 atom stereocenters. The molecule has 1 aliphatic rings. The van der Waals surface area contributed by atoms with Crippen LogP contribution in [0.25, 0.3) is 0 Å². The fourth-order valence-electron chi connectivity index (χ4n) is 3.24. The first-order valence-corrected chi connectivity index (χ1v) is 10.7. The van der Waals surface area contributed by atoms with Crippen molar-refractivity contribution in [3.05, 3.63) is 54.6 Å². The van der Waals surface area contributed by atoms with Gasteiger partial charge < -0.3 is 14.7 Å². The molecule has 0 radical (unpaired) electrons. The van der Waals surface area contributed by atoms with Crippen molar-refractivity contribution in [3.8, 4) is 11.5 Å². The number of aliphatic hydroxyl groups excluding tert-OH is 1. The normalized spacial score (nSPS) is 18.3. The van der Waals surface area contributed by atoms with E-state index in [0.717, 1.165) is 25.9 Å². The summed E-state index contributed by atoms with van der Waals surface area (Å²) in [7, 11) is -3.55. The number of sulfonamides is 1. The standard InChI is InChI=1S/C20H26N2O4S/c23-16-17-5-4-13-22(15-17)14-12-21-27(24,25)20-10-8-19(9-11-20)26-18-6-2-1-3-7-18/h1-3,6-11,17,21,23H,4-5,12-16H2/t17-/m1/s1. The van der Waals surface area contributed by atoms with E-state index in [0.29, 0.717) is 30.5 Å². The second-order valence-electron chi connectivity index (χ2n) is 6.78. The minimum Gasteiger partial charge on any atom is -0.457 e. The fraction of sp³-hybridized carbons (Fsp3) is 0.400. The van der Waals surface area contributed by atoms with Gasteiger partial charge in [0.1, 0.15) is 11.5 Å². The van der Waals surface area contributed by atoms with E-state index < -0.39 is 10.0 Å². The van der Waals surface area contributed by atoms with Crippen LogP contribution < -0.4 is 9.46 Å². The van der Waals surface area contributed by atoms with Crippen LogP contribution in [-0.2, 0) is 10.0 Å². The molecule has 3 rings (SSSR count). The molecule has 0 aromatic heterocycles. The second kappa shape index (κ2) is 9.32. The van der Waals surface area contributed by atoms with Gasteiger partial charge in [-0.1, -0.05) is 18.2 Å². The number of hydrogen-bond donors (Lipinski definition) is 2. The average molecular weight is 391 g/mol. The van der Waals surface area contributed by atoms with E-state index in [1.165, 1.54) is 0 Å². The molecule has 1 aliphatic heterocycles. The maximum atomic E-state index is 12.5. The summed E-state index contributed by atoms with van der Waals surface area (Å²) in [5, 5.41) is 9.28. The van der Waals surface area contributed by atoms with Gasteiger partial charge in [-0.25, -0.2) is 13.1 Å². The minimum atomic E-state index is -3.55. The van der Waals surface area contributed by atoms with E-state index in [1.807, 2.05) is 30.3 Å². The Labute approximate surface area is 160 Å². The average Bonchev–Trinajstić information content (AvgIpc) is 2.69. The summed E-state index contributed by atoms with van der Waals surface area (Å²) in [6, 6.07) is 15.7. The lowest BCUT2D eigenvalue weighted by atomic mass is 9.99. The molecular formula is C20H26N2O4S. The van der Waals surface area contributed by atoms with Gasteiger partial charge in [0.25, 0.3) is 0 Å². The summed E-state index contributed by atoms with van der Waals surface area (Å²) >= 11 is 0. The van der Waals surface area contributed by atoms with Crippen LogP contribution in [-0.4, -0.2) is 51.2 Å². The van der Waals surface area contributed by atoms with Crippen molar-refractivity contribution in [2.75, 3.05) is 32.8 Å². The number of rotatable bonds is 8. The number of para-hydroxylation sites is 1. The van der Waals surface area contributed by atoms with Crippen molar-refractivity contribution in [3.63, 3.8) is 0 Å². The highest BCUT2D eigenvalue weighted by Gasteiger charge is 2.20. The molecule has 1 saturated heterocycles. The third-order valence-corrected chi connectivity index (χ3v) is 6.17. The molecule has 2 N–H and O–H groups in total. The zero-order valence-corrected chi connectivity index (χ0v) is 16.1. The Morgan fingerprint density at radius 2 is 1.78 bits per heavy atom. The Morgan fingerprint density at radius 1 is 1.07 bits per heavy atom. The van der Waals surface area contributed by atoms with Crippen LogP contribution in [0.5, 0.6) is 11.5 Å². The number of aliphatic hydroxyl groups is 1. The zero-order valence-electron chi connectivity index (χ0n) is 15.3. The smallest absolute Gasteiger partial charge is 0.240 e. The molecule has 0 unspecified atom stereocenters. The molecular weight excluding hydrogens is 364 g/mol. The molecule has 0 bridgehead atoms. The molecule has 0 spiro atoms. The predicted octanol–water partition coefficient (Wildman–Crippen LogP) is 2.46. The van der Waals surface area contributed by atoms with Gasteiger partial charge in [-0.2, -0.15) is 0 Å². The van der Waals surface area contributed by atoms with Gasteiger partial charge in [0, 0.05) is 26.2 Å². The van der Waals surface area contributed by atoms with E-state index in [1.54, 1.807) is 24.3 Å². The molecule has 0 aliphatic carbocycles. The number of nitrogens with one attached hydrogen (secondary N) is 1. The van der Waals surface area contributed by atoms with E-state index in [-0.39, 0.29) is 11.5 Å². The Morgan fingerprint density at radius 3 is 2.48 bits per heavy atom. The van der Waals surface area contributed by atoms with Gasteiger partial charge >= 0.3 is 0 Å². The van der Waals surface area contributed by atoms with Crippen LogP contribution in [0.2, 0.25) is 0 Å². The van der Waals surface area contributed by atoms with E-state index in [2.05, 4.69) is 9.62 Å². The lowest BCUT2D eigenvalue weighted by molar-refractivity contribution is 0.122. The van der Waals surface area contributed by atoms with Crippen molar-refractivity contribution in [1.82, 2.24) is 9.62 Å². The Bertz CT molecular complexity index is 810. The molecule has 2 aromatic rings. The fourth-order valence-corrected chi connectivity index (χ4v) is 4.26. The van der Waals surface area contributed by atoms with Gasteiger partial charge in [-0.15, -0.1) is 0 Å². The summed E-state index contributed by atoms with van der Waals surface area (Å²) in [6.45, 7) is 2.96. The quantitative estimate of drug-likeness (QED) is 0.724. The monoisotopic (exact) mass is 390 g/mol. The molecule has 27 heavy (non-hydrogen) atoms. The van der Waals surface area contributed by atoms with Crippen molar-refractivity contribution in [2.45, 2.75) is 17.7 Å². The first-order valence-electron chi connectivity index (χ1n) is 9.23. The number of nitrogens with zero attached hydrogens (tertiary/aromatic N) is 1. The molecule has 0 amide bonds. The van der Waals surface area contributed by atoms with Gasteiger partial charge in [0.15, 0.2) is 0 Å². The van der Waals surface area contributed by atoms with Crippen molar-refractivity contribution in [1.29, 1.82) is 0 Å². The highest BCUT2D eigenvalue weighted by atomic mass is 32.2. The Hall–Kier alpha value is -1.93.